The average Bonchev–Trinajstić information content (AvgIpc) is 3.58. The summed E-state index contributed by atoms with van der Waals surface area (Å²) in [4.78, 5) is 33.3. The minimum absolute atomic E-state index is 0.114. The van der Waals surface area contributed by atoms with Crippen molar-refractivity contribution in [2.24, 2.45) is 4.99 Å². The fourth-order valence-electron chi connectivity index (χ4n) is 5.02. The monoisotopic (exact) mass is 523 g/mol. The highest BCUT2D eigenvalue weighted by atomic mass is 32.1. The molecule has 3 aromatic carbocycles. The van der Waals surface area contributed by atoms with Gasteiger partial charge in [-0.3, -0.25) is 19.5 Å². The average molecular weight is 524 g/mol. The molecule has 38 heavy (non-hydrogen) atoms. The third-order valence-electron chi connectivity index (χ3n) is 7.15. The molecule has 0 radical (unpaired) electrons. The Bertz CT molecular complexity index is 1480. The molecule has 1 fully saturated rings. The molecule has 0 aliphatic carbocycles. The molecule has 4 aromatic rings. The number of morpholine rings is 1. The number of benzene rings is 3. The molecular formula is C31H29N3O3S. The zero-order valence-electron chi connectivity index (χ0n) is 21.1. The van der Waals surface area contributed by atoms with Gasteiger partial charge in [-0.05, 0) is 45.8 Å². The number of carbonyl (C=O) groups excluding carboxylic acids is 2. The van der Waals surface area contributed by atoms with E-state index in [4.69, 9.17) is 4.74 Å². The van der Waals surface area contributed by atoms with Crippen molar-refractivity contribution in [3.8, 4) is 11.1 Å². The van der Waals surface area contributed by atoms with Crippen LogP contribution in [-0.2, 0) is 22.5 Å². The predicted molar refractivity (Wildman–Crippen MR) is 152 cm³/mol. The molecule has 0 saturated carbocycles. The number of aliphatic imine (C=N–C) groups is 1. The largest absolute Gasteiger partial charge is 0.379 e. The molecule has 0 atom stereocenters. The van der Waals surface area contributed by atoms with Crippen LogP contribution >= 0.6 is 11.3 Å². The van der Waals surface area contributed by atoms with Gasteiger partial charge in [-0.1, -0.05) is 54.6 Å². The van der Waals surface area contributed by atoms with Gasteiger partial charge < -0.3 is 10.1 Å². The van der Waals surface area contributed by atoms with Gasteiger partial charge in [-0.15, -0.1) is 11.3 Å². The standard InChI is InChI=1S/C31H29N3O3S/c35-27(29-19-24-3-1-2-4-28(24)38-29)17-21-5-7-22(8-6-21)23-9-10-26-25(18-23)20-33-30(26)31(36)32-11-12-34-13-15-37-16-14-34/h1-10,18-19H,11-17,20H2,(H,32,36). The number of hydrogen-bond acceptors (Lipinski definition) is 6. The van der Waals surface area contributed by atoms with Gasteiger partial charge in [-0.25, -0.2) is 0 Å². The number of carbonyl (C=O) groups is 2. The number of Topliss-reactive ketones (excluding diaryl/α,β-unsaturated/α-hetero) is 1. The molecule has 0 unspecified atom stereocenters. The molecule has 6 nitrogen and oxygen atoms in total. The molecule has 1 aromatic heterocycles. The zero-order valence-corrected chi connectivity index (χ0v) is 21.9. The van der Waals surface area contributed by atoms with Gasteiger partial charge in [0.2, 0.25) is 0 Å². The molecule has 0 bridgehead atoms. The first-order valence-electron chi connectivity index (χ1n) is 13.0. The Hall–Kier alpha value is -3.65. The van der Waals surface area contributed by atoms with E-state index >= 15 is 0 Å². The second kappa shape index (κ2) is 11.0. The Morgan fingerprint density at radius 1 is 0.947 bits per heavy atom. The van der Waals surface area contributed by atoms with Crippen molar-refractivity contribution in [1.82, 2.24) is 10.2 Å². The number of fused-ring (bicyclic) bond motifs is 2. The quantitative estimate of drug-likeness (QED) is 0.339. The van der Waals surface area contributed by atoms with Crippen molar-refractivity contribution in [1.29, 1.82) is 0 Å². The van der Waals surface area contributed by atoms with E-state index in [2.05, 4.69) is 39.5 Å². The van der Waals surface area contributed by atoms with E-state index in [9.17, 15) is 9.59 Å². The van der Waals surface area contributed by atoms with Crippen molar-refractivity contribution >= 4 is 38.8 Å². The Labute approximate surface area is 226 Å². The molecule has 1 amide bonds. The van der Waals surface area contributed by atoms with Gasteiger partial charge in [0, 0.05) is 42.9 Å². The normalized spacial score (nSPS) is 15.3. The van der Waals surface area contributed by atoms with E-state index in [1.165, 1.54) is 0 Å². The number of thiophene rings is 1. The number of amides is 1. The smallest absolute Gasteiger partial charge is 0.270 e. The number of ketones is 1. The lowest BCUT2D eigenvalue weighted by Crippen LogP contribution is -2.42. The van der Waals surface area contributed by atoms with E-state index in [0.717, 1.165) is 75.6 Å². The van der Waals surface area contributed by atoms with E-state index in [-0.39, 0.29) is 11.7 Å². The van der Waals surface area contributed by atoms with Crippen LogP contribution in [0.4, 0.5) is 0 Å². The van der Waals surface area contributed by atoms with E-state index in [0.29, 0.717) is 25.2 Å². The lowest BCUT2D eigenvalue weighted by atomic mass is 9.97. The highest BCUT2D eigenvalue weighted by Gasteiger charge is 2.23. The first-order valence-corrected chi connectivity index (χ1v) is 13.8. The third kappa shape index (κ3) is 5.31. The molecule has 2 aliphatic rings. The summed E-state index contributed by atoms with van der Waals surface area (Å²) < 4.78 is 6.51. The molecule has 6 rings (SSSR count). The second-order valence-corrected chi connectivity index (χ2v) is 10.8. The molecule has 1 N–H and O–H groups in total. The van der Waals surface area contributed by atoms with Crippen molar-refractivity contribution in [3.63, 3.8) is 0 Å². The van der Waals surface area contributed by atoms with Gasteiger partial charge in [0.25, 0.3) is 5.91 Å². The van der Waals surface area contributed by atoms with Gasteiger partial charge in [0.15, 0.2) is 5.78 Å². The number of hydrogen-bond donors (Lipinski definition) is 1. The van der Waals surface area contributed by atoms with Crippen LogP contribution in [0.1, 0.15) is 26.4 Å². The SMILES string of the molecule is O=C(NCCN1CCOCC1)C1=NCc2cc(-c3ccc(CC(=O)c4cc5ccccc5s4)cc3)ccc21. The molecule has 192 valence electrons. The van der Waals surface area contributed by atoms with Crippen molar-refractivity contribution in [2.45, 2.75) is 13.0 Å². The van der Waals surface area contributed by atoms with Gasteiger partial charge >= 0.3 is 0 Å². The maximum absolute atomic E-state index is 12.9. The molecular weight excluding hydrogens is 494 g/mol. The maximum atomic E-state index is 12.9. The van der Waals surface area contributed by atoms with Gasteiger partial charge in [0.05, 0.1) is 24.6 Å². The zero-order chi connectivity index (χ0) is 25.9. The van der Waals surface area contributed by atoms with Crippen LogP contribution in [0.5, 0.6) is 0 Å². The summed E-state index contributed by atoms with van der Waals surface area (Å²) in [6.07, 6.45) is 0.384. The van der Waals surface area contributed by atoms with E-state index in [1.807, 2.05) is 48.5 Å². The lowest BCUT2D eigenvalue weighted by Gasteiger charge is -2.26. The summed E-state index contributed by atoms with van der Waals surface area (Å²) in [5.74, 6) is 0.0294. The highest BCUT2D eigenvalue weighted by molar-refractivity contribution is 7.20. The van der Waals surface area contributed by atoms with E-state index < -0.39 is 0 Å². The fraction of sp³-hybridized carbons (Fsp3) is 0.258. The summed E-state index contributed by atoms with van der Waals surface area (Å²) in [6.45, 7) is 5.26. The molecule has 3 heterocycles. The Kier molecular flexibility index (Phi) is 7.14. The minimum Gasteiger partial charge on any atom is -0.379 e. The van der Waals surface area contributed by atoms with Crippen LogP contribution in [0.2, 0.25) is 0 Å². The first kappa shape index (κ1) is 24.7. The summed E-state index contributed by atoms with van der Waals surface area (Å²) in [5.41, 5.74) is 5.64. The Balaban J connectivity index is 1.07. The van der Waals surface area contributed by atoms with Gasteiger partial charge in [-0.2, -0.15) is 0 Å². The number of nitrogens with one attached hydrogen (secondary N) is 1. The van der Waals surface area contributed by atoms with Crippen LogP contribution in [0.15, 0.2) is 77.8 Å². The topological polar surface area (TPSA) is 71.0 Å². The number of rotatable bonds is 8. The van der Waals surface area contributed by atoms with Crippen LogP contribution in [0.25, 0.3) is 21.2 Å². The summed E-state index contributed by atoms with van der Waals surface area (Å²) in [6, 6.07) is 24.4. The molecule has 0 spiro atoms. The Morgan fingerprint density at radius 2 is 1.74 bits per heavy atom. The molecule has 2 aliphatic heterocycles. The van der Waals surface area contributed by atoms with Crippen molar-refractivity contribution in [2.75, 3.05) is 39.4 Å². The summed E-state index contributed by atoms with van der Waals surface area (Å²) in [5, 5.41) is 4.14. The molecule has 7 heteroatoms. The summed E-state index contributed by atoms with van der Waals surface area (Å²) >= 11 is 1.55. The predicted octanol–water partition coefficient (Wildman–Crippen LogP) is 4.74. The van der Waals surface area contributed by atoms with Crippen molar-refractivity contribution < 1.29 is 14.3 Å². The fourth-order valence-corrected chi connectivity index (χ4v) is 6.02. The first-order chi connectivity index (χ1) is 18.6. The maximum Gasteiger partial charge on any atom is 0.270 e. The molecule has 1 saturated heterocycles. The van der Waals surface area contributed by atoms with Crippen molar-refractivity contribution in [3.05, 3.63) is 94.4 Å². The summed E-state index contributed by atoms with van der Waals surface area (Å²) in [7, 11) is 0. The highest BCUT2D eigenvalue weighted by Crippen LogP contribution is 2.29. The van der Waals surface area contributed by atoms with E-state index in [1.54, 1.807) is 11.3 Å². The third-order valence-corrected chi connectivity index (χ3v) is 8.31. The van der Waals surface area contributed by atoms with Gasteiger partial charge in [0.1, 0.15) is 5.71 Å². The van der Waals surface area contributed by atoms with Crippen LogP contribution in [0, 0.1) is 0 Å². The second-order valence-electron chi connectivity index (χ2n) is 9.69. The van der Waals surface area contributed by atoms with Crippen LogP contribution in [0.3, 0.4) is 0 Å². The number of ether oxygens (including phenoxy) is 1. The number of nitrogens with zero attached hydrogens (tertiary/aromatic N) is 2. The van der Waals surface area contributed by atoms with Crippen LogP contribution in [-0.4, -0.2) is 61.7 Å². The van der Waals surface area contributed by atoms with Crippen LogP contribution < -0.4 is 5.32 Å². The Morgan fingerprint density at radius 3 is 2.55 bits per heavy atom. The lowest BCUT2D eigenvalue weighted by molar-refractivity contribution is -0.114. The minimum atomic E-state index is -0.114.